The van der Waals surface area contributed by atoms with Crippen LogP contribution in [0, 0.1) is 6.92 Å². The van der Waals surface area contributed by atoms with Gasteiger partial charge in [0.15, 0.2) is 0 Å². The number of nitrogens with zero attached hydrogens (tertiary/aromatic N) is 1. The molecule has 1 N–H and O–H groups in total. The molecule has 1 aliphatic heterocycles. The molecule has 1 aliphatic rings. The van der Waals surface area contributed by atoms with Crippen molar-refractivity contribution in [3.63, 3.8) is 0 Å². The molecule has 0 radical (unpaired) electrons. The van der Waals surface area contributed by atoms with Gasteiger partial charge in [-0.15, -0.1) is 0 Å². The Morgan fingerprint density at radius 2 is 1.67 bits per heavy atom. The summed E-state index contributed by atoms with van der Waals surface area (Å²) in [6.07, 6.45) is 2.24. The number of hydrogen-bond acceptors (Lipinski definition) is 4. The van der Waals surface area contributed by atoms with E-state index in [1.54, 1.807) is 30.3 Å². The van der Waals surface area contributed by atoms with Crippen LogP contribution in [-0.4, -0.2) is 25.0 Å². The highest BCUT2D eigenvalue weighted by Gasteiger charge is 2.34. The molecule has 4 rings (SSSR count). The number of benzene rings is 3. The molecule has 33 heavy (non-hydrogen) atoms. The molecule has 0 atom stereocenters. The van der Waals surface area contributed by atoms with Crippen LogP contribution in [0.5, 0.6) is 11.5 Å². The van der Waals surface area contributed by atoms with Crippen LogP contribution in [-0.2, 0) is 9.59 Å². The molecule has 0 spiro atoms. The van der Waals surface area contributed by atoms with Gasteiger partial charge >= 0.3 is 0 Å². The molecular weight excluding hydrogens is 484 g/mol. The first-order valence-corrected chi connectivity index (χ1v) is 11.3. The summed E-state index contributed by atoms with van der Waals surface area (Å²) in [4.78, 5) is 25.4. The standard InChI is InChI=1S/C26H23BrN2O4/c1-18-8-11-22(12-9-18)32-14-5-15-33-24-13-10-20(27)16-19(24)17-23-25(30)28-29(26(23)31)21-6-3-2-4-7-21/h2-4,6-13,16-17H,5,14-15H2,1H3,(H,28,30). The summed E-state index contributed by atoms with van der Waals surface area (Å²) in [5, 5.41) is 1.25. The van der Waals surface area contributed by atoms with E-state index in [9.17, 15) is 9.59 Å². The average molecular weight is 507 g/mol. The lowest BCUT2D eigenvalue weighted by molar-refractivity contribution is -0.117. The van der Waals surface area contributed by atoms with Crippen LogP contribution in [0.4, 0.5) is 5.69 Å². The van der Waals surface area contributed by atoms with E-state index in [2.05, 4.69) is 21.4 Å². The maximum absolute atomic E-state index is 12.9. The first-order chi connectivity index (χ1) is 16.0. The SMILES string of the molecule is Cc1ccc(OCCCOc2ccc(Br)cc2C=C2C(=O)NN(c3ccccc3)C2=O)cc1. The molecule has 7 heteroatoms. The van der Waals surface area contributed by atoms with Gasteiger partial charge < -0.3 is 9.47 Å². The van der Waals surface area contributed by atoms with E-state index >= 15 is 0 Å². The minimum atomic E-state index is -0.457. The van der Waals surface area contributed by atoms with Gasteiger partial charge in [0, 0.05) is 16.5 Å². The van der Waals surface area contributed by atoms with Crippen LogP contribution in [0.25, 0.3) is 6.08 Å². The lowest BCUT2D eigenvalue weighted by atomic mass is 10.1. The van der Waals surface area contributed by atoms with Crippen molar-refractivity contribution < 1.29 is 19.1 Å². The molecule has 0 saturated carbocycles. The molecule has 3 aromatic carbocycles. The number of para-hydroxylation sites is 1. The Labute approximate surface area is 200 Å². The highest BCUT2D eigenvalue weighted by molar-refractivity contribution is 9.10. The Morgan fingerprint density at radius 3 is 2.42 bits per heavy atom. The number of rotatable bonds is 8. The monoisotopic (exact) mass is 506 g/mol. The molecule has 0 unspecified atom stereocenters. The van der Waals surface area contributed by atoms with Crippen LogP contribution in [0.1, 0.15) is 17.5 Å². The fourth-order valence-electron chi connectivity index (χ4n) is 3.30. The van der Waals surface area contributed by atoms with Crippen LogP contribution >= 0.6 is 15.9 Å². The van der Waals surface area contributed by atoms with E-state index in [0.717, 1.165) is 10.2 Å². The summed E-state index contributed by atoms with van der Waals surface area (Å²) >= 11 is 3.45. The van der Waals surface area contributed by atoms with Crippen LogP contribution in [0.2, 0.25) is 0 Å². The van der Waals surface area contributed by atoms with E-state index in [1.165, 1.54) is 10.6 Å². The van der Waals surface area contributed by atoms with Gasteiger partial charge in [-0.05, 0) is 55.5 Å². The van der Waals surface area contributed by atoms with Gasteiger partial charge in [0.25, 0.3) is 11.8 Å². The predicted molar refractivity (Wildman–Crippen MR) is 131 cm³/mol. The normalized spacial score (nSPS) is 14.5. The molecule has 0 aliphatic carbocycles. The molecule has 1 heterocycles. The minimum Gasteiger partial charge on any atom is -0.493 e. The van der Waals surface area contributed by atoms with Gasteiger partial charge in [-0.25, -0.2) is 5.01 Å². The molecule has 1 saturated heterocycles. The van der Waals surface area contributed by atoms with Gasteiger partial charge in [-0.3, -0.25) is 15.0 Å². The molecule has 1 fully saturated rings. The van der Waals surface area contributed by atoms with Crippen LogP contribution < -0.4 is 19.9 Å². The molecular formula is C26H23BrN2O4. The van der Waals surface area contributed by atoms with Gasteiger partial charge in [-0.1, -0.05) is 51.8 Å². The zero-order valence-corrected chi connectivity index (χ0v) is 19.7. The average Bonchev–Trinajstić information content (AvgIpc) is 3.10. The zero-order valence-electron chi connectivity index (χ0n) is 18.1. The van der Waals surface area contributed by atoms with Crippen molar-refractivity contribution in [2.24, 2.45) is 0 Å². The first kappa shape index (κ1) is 22.6. The number of ether oxygens (including phenoxy) is 2. The number of amides is 2. The largest absolute Gasteiger partial charge is 0.493 e. The van der Waals surface area contributed by atoms with E-state index in [0.29, 0.717) is 36.6 Å². The summed E-state index contributed by atoms with van der Waals surface area (Å²) in [7, 11) is 0. The fraction of sp³-hybridized carbons (Fsp3) is 0.154. The third-order valence-electron chi connectivity index (χ3n) is 5.01. The molecule has 3 aromatic rings. The Morgan fingerprint density at radius 1 is 0.939 bits per heavy atom. The number of hydrazine groups is 1. The Balaban J connectivity index is 1.42. The zero-order chi connectivity index (χ0) is 23.2. The van der Waals surface area contributed by atoms with Crippen molar-refractivity contribution >= 4 is 39.5 Å². The number of aryl methyl sites for hydroxylation is 1. The van der Waals surface area contributed by atoms with Gasteiger partial charge in [0.05, 0.1) is 18.9 Å². The quantitative estimate of drug-likeness (QED) is 0.263. The molecule has 168 valence electrons. The lowest BCUT2D eigenvalue weighted by Gasteiger charge is -2.14. The van der Waals surface area contributed by atoms with E-state index < -0.39 is 11.8 Å². The second-order valence-electron chi connectivity index (χ2n) is 7.52. The lowest BCUT2D eigenvalue weighted by Crippen LogP contribution is -2.35. The van der Waals surface area contributed by atoms with E-state index in [4.69, 9.17) is 9.47 Å². The minimum absolute atomic E-state index is 0.0458. The molecule has 2 amide bonds. The summed E-state index contributed by atoms with van der Waals surface area (Å²) in [5.74, 6) is 0.535. The Hall–Kier alpha value is -3.58. The number of carbonyl (C=O) groups is 2. The first-order valence-electron chi connectivity index (χ1n) is 10.6. The molecule has 0 bridgehead atoms. The maximum Gasteiger partial charge on any atom is 0.282 e. The summed E-state index contributed by atoms with van der Waals surface area (Å²) in [6, 6.07) is 22.3. The van der Waals surface area contributed by atoms with Crippen molar-refractivity contribution in [3.8, 4) is 11.5 Å². The molecule has 6 nitrogen and oxygen atoms in total. The van der Waals surface area contributed by atoms with E-state index in [-0.39, 0.29) is 5.57 Å². The predicted octanol–water partition coefficient (Wildman–Crippen LogP) is 5.07. The van der Waals surface area contributed by atoms with Crippen molar-refractivity contribution in [2.75, 3.05) is 18.2 Å². The van der Waals surface area contributed by atoms with Crippen molar-refractivity contribution in [3.05, 3.63) is 94.0 Å². The van der Waals surface area contributed by atoms with Gasteiger partial charge in [-0.2, -0.15) is 0 Å². The fourth-order valence-corrected chi connectivity index (χ4v) is 3.68. The molecule has 0 aromatic heterocycles. The summed E-state index contributed by atoms with van der Waals surface area (Å²) < 4.78 is 12.5. The van der Waals surface area contributed by atoms with Crippen molar-refractivity contribution in [1.29, 1.82) is 0 Å². The second kappa shape index (κ2) is 10.4. The number of anilines is 1. The highest BCUT2D eigenvalue weighted by Crippen LogP contribution is 2.28. The summed E-state index contributed by atoms with van der Waals surface area (Å²) in [5.41, 5.74) is 5.07. The third-order valence-corrected chi connectivity index (χ3v) is 5.51. The van der Waals surface area contributed by atoms with Crippen molar-refractivity contribution in [1.82, 2.24) is 5.43 Å². The van der Waals surface area contributed by atoms with E-state index in [1.807, 2.05) is 55.5 Å². The summed E-state index contributed by atoms with van der Waals surface area (Å²) in [6.45, 7) is 2.98. The van der Waals surface area contributed by atoms with Crippen LogP contribution in [0.3, 0.4) is 0 Å². The highest BCUT2D eigenvalue weighted by atomic mass is 79.9. The number of hydrogen-bond donors (Lipinski definition) is 1. The smallest absolute Gasteiger partial charge is 0.282 e. The number of halogens is 1. The van der Waals surface area contributed by atoms with Gasteiger partial charge in [0.1, 0.15) is 17.1 Å². The second-order valence-corrected chi connectivity index (χ2v) is 8.44. The number of carbonyl (C=O) groups excluding carboxylic acids is 2. The third kappa shape index (κ3) is 5.62. The topological polar surface area (TPSA) is 67.9 Å². The van der Waals surface area contributed by atoms with Gasteiger partial charge in [0.2, 0.25) is 0 Å². The maximum atomic E-state index is 12.9. The Bertz CT molecular complexity index is 1180. The van der Waals surface area contributed by atoms with Crippen LogP contribution in [0.15, 0.2) is 82.8 Å². The van der Waals surface area contributed by atoms with Crippen molar-refractivity contribution in [2.45, 2.75) is 13.3 Å². The number of nitrogens with one attached hydrogen (secondary N) is 1. The Kier molecular flexibility index (Phi) is 7.10.